The Hall–Kier alpha value is -3.03. The molecule has 34 heavy (non-hydrogen) atoms. The van der Waals surface area contributed by atoms with Crippen molar-refractivity contribution in [3.63, 3.8) is 0 Å². The highest BCUT2D eigenvalue weighted by atomic mass is 32.1. The fourth-order valence-electron chi connectivity index (χ4n) is 4.57. The van der Waals surface area contributed by atoms with Gasteiger partial charge in [0.15, 0.2) is 5.13 Å². The molecule has 2 atom stereocenters. The number of nitrogens with zero attached hydrogens (tertiary/aromatic N) is 2. The Morgan fingerprint density at radius 2 is 1.68 bits per heavy atom. The molecule has 2 amide bonds. The number of hydrogen-bond acceptors (Lipinski definition) is 5. The third kappa shape index (κ3) is 6.98. The summed E-state index contributed by atoms with van der Waals surface area (Å²) in [4.78, 5) is 31.5. The second-order valence-corrected chi connectivity index (χ2v) is 10.2. The third-order valence-corrected chi connectivity index (χ3v) is 6.82. The molecular formula is C27H32N4O2S. The molecule has 1 aliphatic rings. The van der Waals surface area contributed by atoms with Gasteiger partial charge in [-0.3, -0.25) is 19.8 Å². The number of amides is 2. The van der Waals surface area contributed by atoms with E-state index in [1.54, 1.807) is 17.5 Å². The number of likely N-dealkylation sites (tertiary alicyclic amines) is 1. The Balaban J connectivity index is 1.22. The number of nitrogens with one attached hydrogen (secondary N) is 2. The Labute approximate surface area is 205 Å². The molecule has 2 unspecified atom stereocenters. The van der Waals surface area contributed by atoms with Crippen molar-refractivity contribution in [2.45, 2.75) is 39.8 Å². The van der Waals surface area contributed by atoms with Crippen molar-refractivity contribution in [3.05, 3.63) is 82.4 Å². The lowest BCUT2D eigenvalue weighted by Crippen LogP contribution is -2.38. The fraction of sp³-hybridized carbons (Fsp3) is 0.370. The van der Waals surface area contributed by atoms with Gasteiger partial charge in [-0.05, 0) is 41.5 Å². The van der Waals surface area contributed by atoms with Crippen LogP contribution in [0.1, 0.15) is 47.4 Å². The molecule has 2 N–H and O–H groups in total. The van der Waals surface area contributed by atoms with Crippen LogP contribution >= 0.6 is 11.3 Å². The number of carbonyl (C=O) groups is 2. The number of carbonyl (C=O) groups excluding carboxylic acids is 2. The second kappa shape index (κ2) is 11.4. The standard InChI is InChI=1S/C27H32N4O2S/c1-19-12-20(2)16-31(15-19)17-22-10-8-21(9-11-22)14-28-25(32)13-24-18-34-27(29-24)30-26(33)23-6-4-3-5-7-23/h3-11,18-20H,12-17H2,1-2H3,(H,28,32)(H,29,30,33). The lowest BCUT2D eigenvalue weighted by atomic mass is 9.91. The molecule has 1 saturated heterocycles. The van der Waals surface area contributed by atoms with Gasteiger partial charge in [0.05, 0.1) is 12.1 Å². The molecule has 0 bridgehead atoms. The zero-order valence-corrected chi connectivity index (χ0v) is 20.6. The number of anilines is 1. The van der Waals surface area contributed by atoms with E-state index in [1.807, 2.05) is 18.2 Å². The molecule has 4 rings (SSSR count). The monoisotopic (exact) mass is 476 g/mol. The van der Waals surface area contributed by atoms with E-state index in [2.05, 4.69) is 58.6 Å². The Morgan fingerprint density at radius 1 is 1.00 bits per heavy atom. The van der Waals surface area contributed by atoms with Crippen molar-refractivity contribution in [2.75, 3.05) is 18.4 Å². The first kappa shape index (κ1) is 24.1. The van der Waals surface area contributed by atoms with Crippen molar-refractivity contribution >= 4 is 28.3 Å². The van der Waals surface area contributed by atoms with Gasteiger partial charge in [-0.1, -0.05) is 56.3 Å². The fourth-order valence-corrected chi connectivity index (χ4v) is 5.28. The molecule has 2 aromatic carbocycles. The predicted octanol–water partition coefficient (Wildman–Crippen LogP) is 4.73. The zero-order valence-electron chi connectivity index (χ0n) is 19.8. The molecule has 178 valence electrons. The molecule has 0 saturated carbocycles. The highest BCUT2D eigenvalue weighted by Crippen LogP contribution is 2.22. The highest BCUT2D eigenvalue weighted by molar-refractivity contribution is 7.14. The maximum absolute atomic E-state index is 12.4. The summed E-state index contributed by atoms with van der Waals surface area (Å²) in [7, 11) is 0. The minimum Gasteiger partial charge on any atom is -0.352 e. The second-order valence-electron chi connectivity index (χ2n) is 9.37. The van der Waals surface area contributed by atoms with Crippen LogP contribution in [0.15, 0.2) is 60.0 Å². The molecule has 0 spiro atoms. The van der Waals surface area contributed by atoms with Crippen LogP contribution in [0.2, 0.25) is 0 Å². The molecule has 1 aromatic heterocycles. The van der Waals surface area contributed by atoms with Gasteiger partial charge in [0.1, 0.15) is 0 Å². The third-order valence-electron chi connectivity index (χ3n) is 6.01. The molecule has 0 radical (unpaired) electrons. The summed E-state index contributed by atoms with van der Waals surface area (Å²) in [6.45, 7) is 8.46. The first-order chi connectivity index (χ1) is 16.4. The Morgan fingerprint density at radius 3 is 2.38 bits per heavy atom. The van der Waals surface area contributed by atoms with Crippen molar-refractivity contribution in [1.29, 1.82) is 0 Å². The van der Waals surface area contributed by atoms with Gasteiger partial charge in [-0.2, -0.15) is 0 Å². The topological polar surface area (TPSA) is 74.3 Å². The van der Waals surface area contributed by atoms with Crippen molar-refractivity contribution in [1.82, 2.24) is 15.2 Å². The Bertz CT molecular complexity index is 1090. The lowest BCUT2D eigenvalue weighted by molar-refractivity contribution is -0.120. The van der Waals surface area contributed by atoms with Gasteiger partial charge in [0.25, 0.3) is 5.91 Å². The summed E-state index contributed by atoms with van der Waals surface area (Å²) in [5, 5.41) is 8.04. The van der Waals surface area contributed by atoms with Gasteiger partial charge in [0.2, 0.25) is 5.91 Å². The Kier molecular flexibility index (Phi) is 8.08. The molecule has 1 aliphatic heterocycles. The van der Waals surface area contributed by atoms with E-state index < -0.39 is 0 Å². The summed E-state index contributed by atoms with van der Waals surface area (Å²) in [5.41, 5.74) is 3.60. The minimum atomic E-state index is -0.210. The van der Waals surface area contributed by atoms with Gasteiger partial charge in [-0.15, -0.1) is 11.3 Å². The molecule has 7 heteroatoms. The van der Waals surface area contributed by atoms with Crippen LogP contribution in [0.3, 0.4) is 0 Å². The molecule has 6 nitrogen and oxygen atoms in total. The van der Waals surface area contributed by atoms with Crippen molar-refractivity contribution < 1.29 is 9.59 Å². The quantitative estimate of drug-likeness (QED) is 0.493. The van der Waals surface area contributed by atoms with Crippen LogP contribution in [-0.2, 0) is 24.3 Å². The van der Waals surface area contributed by atoms with E-state index in [0.29, 0.717) is 22.9 Å². The van der Waals surface area contributed by atoms with Crippen molar-refractivity contribution in [2.24, 2.45) is 11.8 Å². The van der Waals surface area contributed by atoms with E-state index in [9.17, 15) is 9.59 Å². The first-order valence-electron chi connectivity index (χ1n) is 11.8. The van der Waals surface area contributed by atoms with Crippen LogP contribution in [0.25, 0.3) is 0 Å². The summed E-state index contributed by atoms with van der Waals surface area (Å²) < 4.78 is 0. The van der Waals surface area contributed by atoms with E-state index in [1.165, 1.54) is 23.3 Å². The maximum atomic E-state index is 12.4. The summed E-state index contributed by atoms with van der Waals surface area (Å²) >= 11 is 1.32. The highest BCUT2D eigenvalue weighted by Gasteiger charge is 2.21. The number of piperidine rings is 1. The maximum Gasteiger partial charge on any atom is 0.257 e. The van der Waals surface area contributed by atoms with Crippen LogP contribution in [0.5, 0.6) is 0 Å². The van der Waals surface area contributed by atoms with E-state index in [0.717, 1.165) is 37.0 Å². The van der Waals surface area contributed by atoms with E-state index in [-0.39, 0.29) is 18.2 Å². The van der Waals surface area contributed by atoms with Gasteiger partial charge in [0, 0.05) is 37.1 Å². The predicted molar refractivity (Wildman–Crippen MR) is 137 cm³/mol. The summed E-state index contributed by atoms with van der Waals surface area (Å²) in [6, 6.07) is 17.5. The van der Waals surface area contributed by atoms with Gasteiger partial charge >= 0.3 is 0 Å². The summed E-state index contributed by atoms with van der Waals surface area (Å²) in [6.07, 6.45) is 1.50. The van der Waals surface area contributed by atoms with Gasteiger partial charge < -0.3 is 5.32 Å². The van der Waals surface area contributed by atoms with Gasteiger partial charge in [-0.25, -0.2) is 4.98 Å². The normalized spacial score (nSPS) is 18.4. The van der Waals surface area contributed by atoms with E-state index >= 15 is 0 Å². The number of benzene rings is 2. The SMILES string of the molecule is CC1CC(C)CN(Cc2ccc(CNC(=O)Cc3csc(NC(=O)c4ccccc4)n3)cc2)C1. The van der Waals surface area contributed by atoms with Crippen LogP contribution in [0.4, 0.5) is 5.13 Å². The molecule has 3 aromatic rings. The number of aromatic nitrogens is 1. The van der Waals surface area contributed by atoms with E-state index in [4.69, 9.17) is 0 Å². The first-order valence-corrected chi connectivity index (χ1v) is 12.7. The van der Waals surface area contributed by atoms with Crippen LogP contribution in [0, 0.1) is 11.8 Å². The van der Waals surface area contributed by atoms with Crippen LogP contribution < -0.4 is 10.6 Å². The smallest absolute Gasteiger partial charge is 0.257 e. The van der Waals surface area contributed by atoms with Crippen LogP contribution in [-0.4, -0.2) is 34.8 Å². The molecular weight excluding hydrogens is 444 g/mol. The average molecular weight is 477 g/mol. The minimum absolute atomic E-state index is 0.0911. The van der Waals surface area contributed by atoms with Crippen molar-refractivity contribution in [3.8, 4) is 0 Å². The lowest BCUT2D eigenvalue weighted by Gasteiger charge is -2.35. The number of thiazole rings is 1. The zero-order chi connectivity index (χ0) is 23.9. The molecule has 0 aliphatic carbocycles. The average Bonchev–Trinajstić information content (AvgIpc) is 3.25. The molecule has 1 fully saturated rings. The largest absolute Gasteiger partial charge is 0.352 e. The number of rotatable bonds is 8. The number of hydrogen-bond donors (Lipinski definition) is 2. The summed E-state index contributed by atoms with van der Waals surface area (Å²) in [5.74, 6) is 1.21. The molecule has 2 heterocycles.